The number of benzene rings is 1. The maximum absolute atomic E-state index is 5.93. The smallest absolute Gasteiger partial charge is 0.128 e. The number of methoxy groups -OCH3 is 1. The maximum Gasteiger partial charge on any atom is 0.128 e. The lowest BCUT2D eigenvalue weighted by molar-refractivity contribution is 0.149. The summed E-state index contributed by atoms with van der Waals surface area (Å²) in [5.41, 5.74) is 1.80. The van der Waals surface area contributed by atoms with E-state index >= 15 is 0 Å². The lowest BCUT2D eigenvalue weighted by atomic mass is 9.92. The van der Waals surface area contributed by atoms with Crippen LogP contribution < -0.4 is 9.47 Å². The summed E-state index contributed by atoms with van der Waals surface area (Å²) in [7, 11) is 1.66. The molecule has 1 aliphatic heterocycles. The second kappa shape index (κ2) is 3.71. The summed E-state index contributed by atoms with van der Waals surface area (Å²) < 4.78 is 11.1. The molecule has 1 heterocycles. The third kappa shape index (κ3) is 1.71. The van der Waals surface area contributed by atoms with Crippen LogP contribution in [0.3, 0.4) is 0 Å². The van der Waals surface area contributed by atoms with E-state index in [9.17, 15) is 0 Å². The van der Waals surface area contributed by atoms with Gasteiger partial charge >= 0.3 is 0 Å². The molecule has 0 saturated heterocycles. The molecule has 0 aliphatic carbocycles. The van der Waals surface area contributed by atoms with E-state index in [1.54, 1.807) is 7.11 Å². The molecular weight excluding hydrogens is 200 g/mol. The Morgan fingerprint density at radius 2 is 2.12 bits per heavy atom. The highest BCUT2D eigenvalue weighted by molar-refractivity contribution is 5.67. The van der Waals surface area contributed by atoms with E-state index < -0.39 is 0 Å². The topological polar surface area (TPSA) is 18.5 Å². The van der Waals surface area contributed by atoms with E-state index in [-0.39, 0.29) is 5.60 Å². The molecule has 1 aromatic rings. The van der Waals surface area contributed by atoms with Gasteiger partial charge in [0.05, 0.1) is 7.11 Å². The van der Waals surface area contributed by atoms with Crippen LogP contribution in [0.2, 0.25) is 0 Å². The third-order valence-electron chi connectivity index (χ3n) is 2.81. The van der Waals surface area contributed by atoms with Gasteiger partial charge in [0.1, 0.15) is 17.1 Å². The van der Waals surface area contributed by atoms with Gasteiger partial charge in [-0.2, -0.15) is 0 Å². The first-order chi connectivity index (χ1) is 7.56. The molecule has 0 bridgehead atoms. The van der Waals surface area contributed by atoms with Gasteiger partial charge in [0.2, 0.25) is 0 Å². The first-order valence-electron chi connectivity index (χ1n) is 5.28. The highest BCUT2D eigenvalue weighted by Gasteiger charge is 2.28. The fourth-order valence-corrected chi connectivity index (χ4v) is 1.84. The summed E-state index contributed by atoms with van der Waals surface area (Å²) in [5.74, 6) is 1.72. The van der Waals surface area contributed by atoms with Crippen LogP contribution >= 0.6 is 0 Å². The molecule has 16 heavy (non-hydrogen) atoms. The van der Waals surface area contributed by atoms with Gasteiger partial charge in [-0.25, -0.2) is 0 Å². The van der Waals surface area contributed by atoms with Crippen molar-refractivity contribution in [1.29, 1.82) is 0 Å². The Labute approximate surface area is 96.2 Å². The Bertz CT molecular complexity index is 456. The molecule has 2 nitrogen and oxygen atoms in total. The zero-order valence-electron chi connectivity index (χ0n) is 9.91. The van der Waals surface area contributed by atoms with Crippen LogP contribution in [0, 0.1) is 0 Å². The fraction of sp³-hybridized carbons (Fsp3) is 0.286. The molecule has 0 radical (unpaired) electrons. The van der Waals surface area contributed by atoms with E-state index in [0.717, 1.165) is 22.6 Å². The van der Waals surface area contributed by atoms with Crippen molar-refractivity contribution in [2.45, 2.75) is 19.4 Å². The first kappa shape index (κ1) is 10.8. The highest BCUT2D eigenvalue weighted by Crippen LogP contribution is 2.37. The Morgan fingerprint density at radius 1 is 1.38 bits per heavy atom. The Morgan fingerprint density at radius 3 is 2.75 bits per heavy atom. The molecular formula is C14H16O2. The van der Waals surface area contributed by atoms with Gasteiger partial charge in [-0.05, 0) is 43.7 Å². The quantitative estimate of drug-likeness (QED) is 0.754. The molecule has 84 valence electrons. The second-order valence-electron chi connectivity index (χ2n) is 4.32. The summed E-state index contributed by atoms with van der Waals surface area (Å²) in [6, 6.07) is 5.81. The van der Waals surface area contributed by atoms with E-state index in [2.05, 4.69) is 12.7 Å². The van der Waals surface area contributed by atoms with E-state index in [0.29, 0.717) is 0 Å². The van der Waals surface area contributed by atoms with Crippen molar-refractivity contribution < 1.29 is 9.47 Å². The van der Waals surface area contributed by atoms with E-state index in [4.69, 9.17) is 9.47 Å². The van der Waals surface area contributed by atoms with Crippen LogP contribution in [0.5, 0.6) is 11.5 Å². The molecule has 1 aliphatic rings. The van der Waals surface area contributed by atoms with E-state index in [1.165, 1.54) is 0 Å². The van der Waals surface area contributed by atoms with Crippen LogP contribution in [0.25, 0.3) is 6.08 Å². The summed E-state index contributed by atoms with van der Waals surface area (Å²) in [4.78, 5) is 0. The molecule has 0 aromatic heterocycles. The van der Waals surface area contributed by atoms with Crippen molar-refractivity contribution in [3.63, 3.8) is 0 Å². The fourth-order valence-electron chi connectivity index (χ4n) is 1.84. The van der Waals surface area contributed by atoms with Crippen molar-refractivity contribution in [2.24, 2.45) is 0 Å². The minimum absolute atomic E-state index is 0.316. The Kier molecular flexibility index (Phi) is 2.50. The summed E-state index contributed by atoms with van der Waals surface area (Å²) in [6.07, 6.45) is 3.93. The van der Waals surface area contributed by atoms with E-state index in [1.807, 2.05) is 38.1 Å². The number of rotatable bonds is 2. The Balaban J connectivity index is 2.52. The predicted octanol–water partition coefficient (Wildman–Crippen LogP) is 3.44. The largest absolute Gasteiger partial charge is 0.497 e. The van der Waals surface area contributed by atoms with Crippen LogP contribution in [0.4, 0.5) is 0 Å². The predicted molar refractivity (Wildman–Crippen MR) is 65.9 cm³/mol. The zero-order chi connectivity index (χ0) is 11.8. The second-order valence-corrected chi connectivity index (χ2v) is 4.32. The monoisotopic (exact) mass is 216 g/mol. The Hall–Kier alpha value is -1.70. The van der Waals surface area contributed by atoms with Crippen LogP contribution in [-0.2, 0) is 0 Å². The molecule has 1 aromatic carbocycles. The minimum atomic E-state index is -0.316. The number of fused-ring (bicyclic) bond motifs is 1. The lowest BCUT2D eigenvalue weighted by Crippen LogP contribution is -2.32. The zero-order valence-corrected chi connectivity index (χ0v) is 9.91. The molecule has 0 fully saturated rings. The normalized spacial score (nSPS) is 16.8. The summed E-state index contributed by atoms with van der Waals surface area (Å²) in [6.45, 7) is 7.89. The highest BCUT2D eigenvalue weighted by atomic mass is 16.5. The van der Waals surface area contributed by atoms with Crippen molar-refractivity contribution in [3.05, 3.63) is 42.0 Å². The lowest BCUT2D eigenvalue weighted by Gasteiger charge is -2.32. The standard InChI is InChI=1S/C14H16O2/c1-5-11-8-10-9-12(15-4)6-7-13(10)16-14(11,2)3/h5-9H,1H2,2-4H3. The molecule has 2 rings (SSSR count). The van der Waals surface area contributed by atoms with Gasteiger partial charge in [0, 0.05) is 5.56 Å². The van der Waals surface area contributed by atoms with Gasteiger partial charge in [0.15, 0.2) is 0 Å². The van der Waals surface area contributed by atoms with Gasteiger partial charge in [-0.1, -0.05) is 12.7 Å². The first-order valence-corrected chi connectivity index (χ1v) is 5.28. The molecule has 0 unspecified atom stereocenters. The third-order valence-corrected chi connectivity index (χ3v) is 2.81. The summed E-state index contributed by atoms with van der Waals surface area (Å²) >= 11 is 0. The van der Waals surface area contributed by atoms with Crippen molar-refractivity contribution in [2.75, 3.05) is 7.11 Å². The minimum Gasteiger partial charge on any atom is -0.497 e. The van der Waals surface area contributed by atoms with Crippen LogP contribution in [0.15, 0.2) is 36.4 Å². The van der Waals surface area contributed by atoms with Crippen LogP contribution in [-0.4, -0.2) is 12.7 Å². The molecule has 2 heteroatoms. The molecule has 0 spiro atoms. The van der Waals surface area contributed by atoms with Gasteiger partial charge in [0.25, 0.3) is 0 Å². The summed E-state index contributed by atoms with van der Waals surface area (Å²) in [5, 5.41) is 0. The number of hydrogen-bond acceptors (Lipinski definition) is 2. The number of hydrogen-bond donors (Lipinski definition) is 0. The average molecular weight is 216 g/mol. The van der Waals surface area contributed by atoms with Gasteiger partial charge < -0.3 is 9.47 Å². The van der Waals surface area contributed by atoms with Gasteiger partial charge in [-0.15, -0.1) is 0 Å². The van der Waals surface area contributed by atoms with Crippen molar-refractivity contribution in [3.8, 4) is 11.5 Å². The average Bonchev–Trinajstić information content (AvgIpc) is 2.26. The molecule has 0 saturated carbocycles. The van der Waals surface area contributed by atoms with Crippen molar-refractivity contribution in [1.82, 2.24) is 0 Å². The van der Waals surface area contributed by atoms with Crippen LogP contribution in [0.1, 0.15) is 19.4 Å². The SMILES string of the molecule is C=CC1=Cc2cc(OC)ccc2OC1(C)C. The molecule has 0 atom stereocenters. The molecule has 0 N–H and O–H groups in total. The van der Waals surface area contributed by atoms with Crippen molar-refractivity contribution >= 4 is 6.08 Å². The van der Waals surface area contributed by atoms with Gasteiger partial charge in [-0.3, -0.25) is 0 Å². The number of ether oxygens (including phenoxy) is 2. The molecule has 0 amide bonds. The maximum atomic E-state index is 5.93.